The highest BCUT2D eigenvalue weighted by atomic mass is 15.0. The lowest BCUT2D eigenvalue weighted by molar-refractivity contribution is -0.0305. The Morgan fingerprint density at radius 3 is 2.35 bits per heavy atom. The molecule has 0 spiro atoms. The topological polar surface area (TPSA) is 61.6 Å². The maximum atomic E-state index is 9.06. The fourth-order valence-corrected chi connectivity index (χ4v) is 5.13. The molecule has 1 heterocycles. The van der Waals surface area contributed by atoms with E-state index in [-0.39, 0.29) is 0 Å². The van der Waals surface area contributed by atoms with E-state index in [0.29, 0.717) is 11.5 Å². The van der Waals surface area contributed by atoms with Crippen LogP contribution in [0.4, 0.5) is 5.82 Å². The number of nitriles is 1. The number of aromatic nitrogens is 2. The van der Waals surface area contributed by atoms with Crippen molar-refractivity contribution < 1.29 is 0 Å². The summed E-state index contributed by atoms with van der Waals surface area (Å²) in [5.41, 5.74) is 0.413. The van der Waals surface area contributed by atoms with Crippen molar-refractivity contribution in [3.63, 3.8) is 0 Å². The molecule has 0 atom stereocenters. The lowest BCUT2D eigenvalue weighted by Crippen LogP contribution is -2.47. The Morgan fingerprint density at radius 2 is 1.70 bits per heavy atom. The van der Waals surface area contributed by atoms with Crippen LogP contribution >= 0.6 is 0 Å². The summed E-state index contributed by atoms with van der Waals surface area (Å²) in [5, 5.41) is 12.5. The average Bonchev–Trinajstić information content (AvgIpc) is 2.46. The minimum absolute atomic E-state index is 0.413. The minimum Gasteiger partial charge on any atom is -0.367 e. The van der Waals surface area contributed by atoms with Crippen molar-refractivity contribution >= 4 is 5.82 Å². The number of anilines is 1. The second-order valence-electron chi connectivity index (χ2n) is 6.84. The first kappa shape index (κ1) is 12.1. The molecule has 0 aliphatic heterocycles. The van der Waals surface area contributed by atoms with Gasteiger partial charge in [-0.25, -0.2) is 9.97 Å². The van der Waals surface area contributed by atoms with Gasteiger partial charge < -0.3 is 5.32 Å². The predicted molar refractivity (Wildman–Crippen MR) is 75.8 cm³/mol. The average molecular weight is 268 g/mol. The molecule has 0 amide bonds. The molecule has 0 radical (unpaired) electrons. The zero-order chi connectivity index (χ0) is 13.5. The second-order valence-corrected chi connectivity index (χ2v) is 6.84. The van der Waals surface area contributed by atoms with Crippen molar-refractivity contribution in [2.45, 2.75) is 32.1 Å². The molecular formula is C16H20N4. The highest BCUT2D eigenvalue weighted by Crippen LogP contribution is 2.56. The Balaban J connectivity index is 1.46. The standard InChI is InChI=1S/C16H20N4/c17-8-15-16(19-2-1-18-15)20-9-14-12-4-10-3-11(6-12)7-13(14)5-10/h1-2,10-14H,3-7,9H2,(H,19,20). The molecule has 4 heteroatoms. The van der Waals surface area contributed by atoms with Gasteiger partial charge >= 0.3 is 0 Å². The van der Waals surface area contributed by atoms with Gasteiger partial charge in [0.25, 0.3) is 0 Å². The van der Waals surface area contributed by atoms with Crippen molar-refractivity contribution in [2.75, 3.05) is 11.9 Å². The van der Waals surface area contributed by atoms with Crippen LogP contribution < -0.4 is 5.32 Å². The molecule has 1 aromatic heterocycles. The summed E-state index contributed by atoms with van der Waals surface area (Å²) >= 11 is 0. The Morgan fingerprint density at radius 1 is 1.05 bits per heavy atom. The summed E-state index contributed by atoms with van der Waals surface area (Å²) in [7, 11) is 0. The van der Waals surface area contributed by atoms with Crippen LogP contribution in [0.1, 0.15) is 37.8 Å². The molecule has 20 heavy (non-hydrogen) atoms. The number of nitrogens with one attached hydrogen (secondary N) is 1. The van der Waals surface area contributed by atoms with Gasteiger partial charge in [-0.2, -0.15) is 5.26 Å². The highest BCUT2D eigenvalue weighted by Gasteiger charge is 2.47. The highest BCUT2D eigenvalue weighted by molar-refractivity contribution is 5.46. The number of rotatable bonds is 3. The third-order valence-electron chi connectivity index (χ3n) is 5.73. The van der Waals surface area contributed by atoms with Crippen molar-refractivity contribution in [1.29, 1.82) is 5.26 Å². The smallest absolute Gasteiger partial charge is 0.182 e. The molecular weight excluding hydrogens is 248 g/mol. The maximum absolute atomic E-state index is 9.06. The zero-order valence-corrected chi connectivity index (χ0v) is 11.6. The minimum atomic E-state index is 0.413. The van der Waals surface area contributed by atoms with Crippen LogP contribution in [0.25, 0.3) is 0 Å². The van der Waals surface area contributed by atoms with Gasteiger partial charge in [0.1, 0.15) is 6.07 Å². The molecule has 5 rings (SSSR count). The van der Waals surface area contributed by atoms with Gasteiger partial charge in [0.15, 0.2) is 11.5 Å². The second kappa shape index (κ2) is 4.73. The summed E-state index contributed by atoms with van der Waals surface area (Å²) in [4.78, 5) is 8.32. The van der Waals surface area contributed by atoms with Gasteiger partial charge in [-0.05, 0) is 61.7 Å². The van der Waals surface area contributed by atoms with E-state index < -0.39 is 0 Å². The van der Waals surface area contributed by atoms with Crippen LogP contribution in [0.3, 0.4) is 0 Å². The Bertz CT molecular complexity index is 520. The first-order valence-electron chi connectivity index (χ1n) is 7.78. The van der Waals surface area contributed by atoms with Crippen molar-refractivity contribution in [3.8, 4) is 6.07 Å². The van der Waals surface area contributed by atoms with Crippen LogP contribution in [0.15, 0.2) is 12.4 Å². The molecule has 4 bridgehead atoms. The fraction of sp³-hybridized carbons (Fsp3) is 0.688. The van der Waals surface area contributed by atoms with Crippen LogP contribution in [0.2, 0.25) is 0 Å². The number of hydrogen-bond donors (Lipinski definition) is 1. The van der Waals surface area contributed by atoms with Gasteiger partial charge in [0, 0.05) is 18.9 Å². The van der Waals surface area contributed by atoms with Gasteiger partial charge in [-0.3, -0.25) is 0 Å². The molecule has 4 nitrogen and oxygen atoms in total. The number of hydrogen-bond acceptors (Lipinski definition) is 4. The fourth-order valence-electron chi connectivity index (χ4n) is 5.13. The third-order valence-corrected chi connectivity index (χ3v) is 5.73. The summed E-state index contributed by atoms with van der Waals surface area (Å²) in [6.07, 6.45) is 10.5. The quantitative estimate of drug-likeness (QED) is 0.915. The SMILES string of the molecule is N#Cc1nccnc1NCC1C2CC3CC(C2)CC1C3. The third kappa shape index (κ3) is 1.96. The molecule has 0 aromatic carbocycles. The Hall–Kier alpha value is -1.63. The molecule has 4 aliphatic rings. The molecule has 104 valence electrons. The van der Waals surface area contributed by atoms with Gasteiger partial charge in [-0.1, -0.05) is 0 Å². The van der Waals surface area contributed by atoms with E-state index in [1.54, 1.807) is 12.4 Å². The van der Waals surface area contributed by atoms with Crippen LogP contribution in [-0.4, -0.2) is 16.5 Å². The Kier molecular flexibility index (Phi) is 2.87. The van der Waals surface area contributed by atoms with Gasteiger partial charge in [0.2, 0.25) is 0 Å². The zero-order valence-electron chi connectivity index (χ0n) is 11.6. The van der Waals surface area contributed by atoms with E-state index in [9.17, 15) is 0 Å². The molecule has 1 aromatic rings. The van der Waals surface area contributed by atoms with Crippen molar-refractivity contribution in [3.05, 3.63) is 18.1 Å². The van der Waals surface area contributed by atoms with E-state index in [4.69, 9.17) is 5.26 Å². The van der Waals surface area contributed by atoms with E-state index in [1.807, 2.05) is 0 Å². The van der Waals surface area contributed by atoms with E-state index >= 15 is 0 Å². The molecule has 1 N–H and O–H groups in total. The van der Waals surface area contributed by atoms with E-state index in [2.05, 4.69) is 21.4 Å². The van der Waals surface area contributed by atoms with E-state index in [1.165, 1.54) is 32.1 Å². The van der Waals surface area contributed by atoms with Crippen molar-refractivity contribution in [2.24, 2.45) is 29.6 Å². The largest absolute Gasteiger partial charge is 0.367 e. The summed E-state index contributed by atoms with van der Waals surface area (Å²) in [6.45, 7) is 0.960. The number of nitrogens with zero attached hydrogens (tertiary/aromatic N) is 3. The monoisotopic (exact) mass is 268 g/mol. The van der Waals surface area contributed by atoms with Crippen LogP contribution in [0, 0.1) is 40.9 Å². The first-order valence-corrected chi connectivity index (χ1v) is 7.78. The lowest BCUT2D eigenvalue weighted by atomic mass is 9.52. The normalized spacial score (nSPS) is 37.6. The summed E-state index contributed by atoms with van der Waals surface area (Å²) in [5.74, 6) is 5.27. The van der Waals surface area contributed by atoms with Gasteiger partial charge in [0.05, 0.1) is 0 Å². The Labute approximate surface area is 119 Å². The molecule has 0 saturated heterocycles. The summed E-state index contributed by atoms with van der Waals surface area (Å²) in [6, 6.07) is 2.11. The lowest BCUT2D eigenvalue weighted by Gasteiger charge is -2.54. The molecule has 4 aliphatic carbocycles. The molecule has 4 saturated carbocycles. The molecule has 0 unspecified atom stereocenters. The van der Waals surface area contributed by atoms with E-state index in [0.717, 1.165) is 36.1 Å². The first-order chi connectivity index (χ1) is 9.83. The van der Waals surface area contributed by atoms with Crippen molar-refractivity contribution in [1.82, 2.24) is 9.97 Å². The maximum Gasteiger partial charge on any atom is 0.182 e. The summed E-state index contributed by atoms with van der Waals surface area (Å²) < 4.78 is 0. The molecule has 4 fully saturated rings. The van der Waals surface area contributed by atoms with Gasteiger partial charge in [-0.15, -0.1) is 0 Å². The van der Waals surface area contributed by atoms with Crippen LogP contribution in [-0.2, 0) is 0 Å². The predicted octanol–water partition coefficient (Wildman–Crippen LogP) is 2.83. The van der Waals surface area contributed by atoms with Crippen LogP contribution in [0.5, 0.6) is 0 Å².